The van der Waals surface area contributed by atoms with Crippen LogP contribution < -0.4 is 10.6 Å². The zero-order chi connectivity index (χ0) is 12.6. The zero-order valence-electron chi connectivity index (χ0n) is 11.1. The Hall–Kier alpha value is -1.13. The molecule has 0 atom stereocenters. The highest BCUT2D eigenvalue weighted by molar-refractivity contribution is 7.90. The van der Waals surface area contributed by atoms with Crippen LogP contribution in [0.1, 0.15) is 13.8 Å². The molecule has 0 aliphatic carbocycles. The van der Waals surface area contributed by atoms with Gasteiger partial charge in [0, 0.05) is 5.41 Å². The highest BCUT2D eigenvalue weighted by Crippen LogP contribution is 2.70. The Morgan fingerprint density at radius 2 is 1.11 bits per heavy atom. The third-order valence-electron chi connectivity index (χ3n) is 3.90. The number of benzene rings is 2. The fourth-order valence-corrected chi connectivity index (χ4v) is 8.70. The van der Waals surface area contributed by atoms with Gasteiger partial charge in [0.05, 0.1) is 30.2 Å². The number of hydrogen-bond acceptors (Lipinski definition) is 0. The topological polar surface area (TPSA) is 0 Å². The summed E-state index contributed by atoms with van der Waals surface area (Å²) in [5, 5.41) is 3.16. The van der Waals surface area contributed by atoms with E-state index in [9.17, 15) is 0 Å². The Balaban J connectivity index is 2.07. The molecule has 0 spiro atoms. The Kier molecular flexibility index (Phi) is 2.79. The Bertz CT molecular complexity index is 479. The smallest absolute Gasteiger partial charge is 0.0620 e. The highest BCUT2D eigenvalue weighted by atomic mass is 31.2. The second-order valence-corrected chi connectivity index (χ2v) is 9.72. The zero-order valence-corrected chi connectivity index (χ0v) is 12.0. The molecule has 0 radical (unpaired) electrons. The van der Waals surface area contributed by atoms with Gasteiger partial charge in [-0.15, -0.1) is 0 Å². The van der Waals surface area contributed by atoms with Crippen molar-refractivity contribution in [2.45, 2.75) is 13.8 Å². The van der Waals surface area contributed by atoms with Crippen LogP contribution in [0.5, 0.6) is 0 Å². The summed E-state index contributed by atoms with van der Waals surface area (Å²) in [6.45, 7) is 4.80. The van der Waals surface area contributed by atoms with Gasteiger partial charge < -0.3 is 0 Å². The van der Waals surface area contributed by atoms with Gasteiger partial charge in [0.2, 0.25) is 0 Å². The molecule has 1 saturated heterocycles. The highest BCUT2D eigenvalue weighted by Gasteiger charge is 2.59. The summed E-state index contributed by atoms with van der Waals surface area (Å²) < 4.78 is 0. The molecule has 1 aliphatic rings. The predicted octanol–water partition coefficient (Wildman–Crippen LogP) is 3.69. The Morgan fingerprint density at radius 3 is 1.44 bits per heavy atom. The molecule has 0 aromatic heterocycles. The van der Waals surface area contributed by atoms with Crippen molar-refractivity contribution in [2.24, 2.45) is 5.41 Å². The van der Waals surface area contributed by atoms with Crippen molar-refractivity contribution in [2.75, 3.05) is 12.3 Å². The first-order chi connectivity index (χ1) is 8.62. The van der Waals surface area contributed by atoms with E-state index in [1.54, 1.807) is 10.6 Å². The molecule has 2 aromatic carbocycles. The molecule has 18 heavy (non-hydrogen) atoms. The van der Waals surface area contributed by atoms with Crippen molar-refractivity contribution in [3.05, 3.63) is 60.7 Å². The van der Waals surface area contributed by atoms with E-state index < -0.39 is 7.26 Å². The molecule has 1 heterocycles. The normalized spacial score (nSPS) is 20.1. The van der Waals surface area contributed by atoms with Crippen LogP contribution in [0.4, 0.5) is 0 Å². The van der Waals surface area contributed by atoms with Gasteiger partial charge in [0.1, 0.15) is 0 Å². The van der Waals surface area contributed by atoms with E-state index in [1.165, 1.54) is 12.3 Å². The van der Waals surface area contributed by atoms with Crippen LogP contribution in [0.15, 0.2) is 60.7 Å². The standard InChI is InChI=1S/C17H20P/c1-17(2)13-18(14-17,15-9-5-3-6-10-15)16-11-7-4-8-12-16/h3-12H,13-14H2,1-2H3/q+1. The maximum atomic E-state index is 2.40. The van der Waals surface area contributed by atoms with E-state index in [2.05, 4.69) is 74.5 Å². The Morgan fingerprint density at radius 1 is 0.722 bits per heavy atom. The number of hydrogen-bond donors (Lipinski definition) is 0. The lowest BCUT2D eigenvalue weighted by atomic mass is 9.99. The molecule has 1 fully saturated rings. The first-order valence-corrected chi connectivity index (χ1v) is 8.77. The summed E-state index contributed by atoms with van der Waals surface area (Å²) in [4.78, 5) is 0. The first kappa shape index (κ1) is 11.9. The fourth-order valence-electron chi connectivity index (χ4n) is 3.36. The monoisotopic (exact) mass is 255 g/mol. The lowest BCUT2D eigenvalue weighted by Crippen LogP contribution is -2.46. The average Bonchev–Trinajstić information content (AvgIpc) is 2.37. The molecule has 92 valence electrons. The average molecular weight is 255 g/mol. The summed E-state index contributed by atoms with van der Waals surface area (Å²) in [5.41, 5.74) is 0.513. The van der Waals surface area contributed by atoms with E-state index in [0.29, 0.717) is 5.41 Å². The van der Waals surface area contributed by atoms with Crippen LogP contribution in [0.3, 0.4) is 0 Å². The second-order valence-electron chi connectivity index (χ2n) is 6.12. The van der Waals surface area contributed by atoms with Crippen LogP contribution >= 0.6 is 7.26 Å². The van der Waals surface area contributed by atoms with Gasteiger partial charge >= 0.3 is 0 Å². The largest absolute Gasteiger partial charge is 0.0992 e. The third kappa shape index (κ3) is 1.89. The van der Waals surface area contributed by atoms with Crippen molar-refractivity contribution in [3.63, 3.8) is 0 Å². The summed E-state index contributed by atoms with van der Waals surface area (Å²) in [5.74, 6) is 0. The van der Waals surface area contributed by atoms with E-state index in [1.807, 2.05) is 0 Å². The molecular weight excluding hydrogens is 235 g/mol. The summed E-state index contributed by atoms with van der Waals surface area (Å²) in [6.07, 6.45) is 2.71. The van der Waals surface area contributed by atoms with Crippen LogP contribution in [0.2, 0.25) is 0 Å². The molecule has 2 aromatic rings. The minimum atomic E-state index is -1.10. The first-order valence-electron chi connectivity index (χ1n) is 6.61. The third-order valence-corrected chi connectivity index (χ3v) is 9.26. The minimum Gasteiger partial charge on any atom is -0.0620 e. The van der Waals surface area contributed by atoms with Crippen LogP contribution in [0.25, 0.3) is 0 Å². The summed E-state index contributed by atoms with van der Waals surface area (Å²) >= 11 is 0. The van der Waals surface area contributed by atoms with Gasteiger partial charge in [0.15, 0.2) is 0 Å². The van der Waals surface area contributed by atoms with Gasteiger partial charge in [-0.05, 0) is 24.3 Å². The van der Waals surface area contributed by atoms with Gasteiger partial charge in [-0.3, -0.25) is 0 Å². The predicted molar refractivity (Wildman–Crippen MR) is 82.6 cm³/mol. The van der Waals surface area contributed by atoms with Crippen LogP contribution in [-0.2, 0) is 0 Å². The quantitative estimate of drug-likeness (QED) is 0.718. The second kappa shape index (κ2) is 4.21. The SMILES string of the molecule is CC1(C)C[P+](c2ccccc2)(c2ccccc2)C1. The maximum Gasteiger partial charge on any atom is 0.0992 e. The fraction of sp³-hybridized carbons (Fsp3) is 0.294. The van der Waals surface area contributed by atoms with E-state index in [-0.39, 0.29) is 0 Å². The molecular formula is C17H20P+. The van der Waals surface area contributed by atoms with Crippen molar-refractivity contribution in [1.29, 1.82) is 0 Å². The minimum absolute atomic E-state index is 0.513. The van der Waals surface area contributed by atoms with Gasteiger partial charge in [0.25, 0.3) is 0 Å². The molecule has 3 rings (SSSR count). The van der Waals surface area contributed by atoms with Crippen molar-refractivity contribution >= 4 is 17.9 Å². The molecule has 0 unspecified atom stereocenters. The summed E-state index contributed by atoms with van der Waals surface area (Å²) in [7, 11) is -1.10. The molecule has 0 amide bonds. The molecule has 0 saturated carbocycles. The van der Waals surface area contributed by atoms with Crippen LogP contribution in [-0.4, -0.2) is 12.3 Å². The van der Waals surface area contributed by atoms with Crippen molar-refractivity contribution in [3.8, 4) is 0 Å². The van der Waals surface area contributed by atoms with Gasteiger partial charge in [-0.1, -0.05) is 50.2 Å². The molecule has 1 aliphatic heterocycles. The number of rotatable bonds is 2. The lowest BCUT2D eigenvalue weighted by molar-refractivity contribution is 0.446. The van der Waals surface area contributed by atoms with Gasteiger partial charge in [-0.25, -0.2) is 0 Å². The van der Waals surface area contributed by atoms with Crippen molar-refractivity contribution in [1.82, 2.24) is 0 Å². The van der Waals surface area contributed by atoms with E-state index >= 15 is 0 Å². The van der Waals surface area contributed by atoms with Crippen molar-refractivity contribution < 1.29 is 0 Å². The molecule has 0 N–H and O–H groups in total. The van der Waals surface area contributed by atoms with E-state index in [0.717, 1.165) is 0 Å². The summed E-state index contributed by atoms with van der Waals surface area (Å²) in [6, 6.07) is 22.3. The molecule has 0 nitrogen and oxygen atoms in total. The maximum absolute atomic E-state index is 2.40. The van der Waals surface area contributed by atoms with Gasteiger partial charge in [-0.2, -0.15) is 0 Å². The Labute approximate surface area is 110 Å². The molecule has 0 bridgehead atoms. The lowest BCUT2D eigenvalue weighted by Gasteiger charge is -2.46. The van der Waals surface area contributed by atoms with E-state index in [4.69, 9.17) is 0 Å². The molecule has 1 heteroatoms. The van der Waals surface area contributed by atoms with Crippen LogP contribution in [0, 0.1) is 5.41 Å².